The summed E-state index contributed by atoms with van der Waals surface area (Å²) in [6, 6.07) is 12.3. The molecule has 5 nitrogen and oxygen atoms in total. The number of rotatable bonds is 9. The van der Waals surface area contributed by atoms with Gasteiger partial charge in [0.05, 0.1) is 5.69 Å². The summed E-state index contributed by atoms with van der Waals surface area (Å²) in [6.07, 6.45) is 2.33. The van der Waals surface area contributed by atoms with Crippen LogP contribution in [-0.2, 0) is 0 Å². The highest BCUT2D eigenvalue weighted by atomic mass is 15.2. The van der Waals surface area contributed by atoms with Crippen LogP contribution in [0.25, 0.3) is 11.3 Å². The van der Waals surface area contributed by atoms with Crippen molar-refractivity contribution in [3.8, 4) is 11.3 Å². The Hall–Kier alpha value is -2.14. The topological polar surface area (TPSA) is 44.3 Å². The largest absolute Gasteiger partial charge is 0.359 e. The van der Waals surface area contributed by atoms with E-state index in [-0.39, 0.29) is 0 Å². The van der Waals surface area contributed by atoms with Gasteiger partial charge in [-0.1, -0.05) is 43.7 Å². The molecule has 0 aliphatic heterocycles. The summed E-state index contributed by atoms with van der Waals surface area (Å²) < 4.78 is 0. The zero-order chi connectivity index (χ0) is 17.4. The van der Waals surface area contributed by atoms with E-state index in [2.05, 4.69) is 61.4 Å². The lowest BCUT2D eigenvalue weighted by Gasteiger charge is -2.20. The van der Waals surface area contributed by atoms with E-state index in [1.54, 1.807) is 0 Å². The maximum Gasteiger partial charge on any atom is 0.225 e. The van der Waals surface area contributed by atoms with Gasteiger partial charge in [-0.3, -0.25) is 0 Å². The predicted octanol–water partition coefficient (Wildman–Crippen LogP) is 3.35. The fraction of sp³-hybridized carbons (Fsp3) is 0.474. The summed E-state index contributed by atoms with van der Waals surface area (Å²) in [7, 11) is 6.22. The minimum absolute atomic E-state index is 0.691. The van der Waals surface area contributed by atoms with Gasteiger partial charge in [-0.25, -0.2) is 4.98 Å². The monoisotopic (exact) mass is 327 g/mol. The number of nitrogens with one attached hydrogen (secondary N) is 1. The summed E-state index contributed by atoms with van der Waals surface area (Å²) in [6.45, 7) is 4.97. The lowest BCUT2D eigenvalue weighted by molar-refractivity contribution is 0.425. The molecule has 0 saturated carbocycles. The third-order valence-corrected chi connectivity index (χ3v) is 3.86. The van der Waals surface area contributed by atoms with Gasteiger partial charge in [-0.15, -0.1) is 0 Å². The Labute approximate surface area is 145 Å². The Bertz CT molecular complexity index is 612. The third kappa shape index (κ3) is 5.49. The molecule has 0 atom stereocenters. The lowest BCUT2D eigenvalue weighted by Crippen LogP contribution is -2.23. The van der Waals surface area contributed by atoms with Gasteiger partial charge in [0.25, 0.3) is 0 Å². The molecule has 0 radical (unpaired) electrons. The molecule has 1 heterocycles. The summed E-state index contributed by atoms with van der Waals surface area (Å²) in [5.41, 5.74) is 2.07. The highest BCUT2D eigenvalue weighted by Crippen LogP contribution is 2.23. The van der Waals surface area contributed by atoms with Crippen molar-refractivity contribution in [2.45, 2.75) is 19.8 Å². The van der Waals surface area contributed by atoms with Crippen LogP contribution in [0, 0.1) is 0 Å². The van der Waals surface area contributed by atoms with Crippen LogP contribution in [0.15, 0.2) is 36.4 Å². The van der Waals surface area contributed by atoms with Crippen molar-refractivity contribution in [1.29, 1.82) is 0 Å². The van der Waals surface area contributed by atoms with Crippen LogP contribution in [0.1, 0.15) is 19.8 Å². The van der Waals surface area contributed by atoms with Gasteiger partial charge >= 0.3 is 0 Å². The molecular weight excluding hydrogens is 298 g/mol. The van der Waals surface area contributed by atoms with Crippen LogP contribution < -0.4 is 10.2 Å². The number of nitrogens with zero attached hydrogens (tertiary/aromatic N) is 4. The molecule has 0 fully saturated rings. The molecule has 0 spiro atoms. The summed E-state index contributed by atoms with van der Waals surface area (Å²) in [5, 5.41) is 3.35. The Morgan fingerprint density at radius 2 is 1.75 bits per heavy atom. The van der Waals surface area contributed by atoms with Crippen LogP contribution in [-0.4, -0.2) is 55.6 Å². The van der Waals surface area contributed by atoms with Gasteiger partial charge in [0.2, 0.25) is 5.95 Å². The van der Waals surface area contributed by atoms with Gasteiger partial charge in [0.1, 0.15) is 5.82 Å². The van der Waals surface area contributed by atoms with E-state index in [1.165, 1.54) is 6.42 Å². The minimum atomic E-state index is 0.691. The van der Waals surface area contributed by atoms with Crippen molar-refractivity contribution in [3.63, 3.8) is 0 Å². The smallest absolute Gasteiger partial charge is 0.225 e. The van der Waals surface area contributed by atoms with Crippen molar-refractivity contribution in [3.05, 3.63) is 36.4 Å². The highest BCUT2D eigenvalue weighted by molar-refractivity contribution is 5.64. The summed E-state index contributed by atoms with van der Waals surface area (Å²) in [5.74, 6) is 1.65. The highest BCUT2D eigenvalue weighted by Gasteiger charge is 2.10. The SMILES string of the molecule is CCCCN(C)c1cc(-c2ccccc2)nc(NCCN(C)C)n1. The Morgan fingerprint density at radius 1 is 1.00 bits per heavy atom. The maximum atomic E-state index is 4.70. The van der Waals surface area contributed by atoms with Crippen molar-refractivity contribution < 1.29 is 0 Å². The standard InChI is InChI=1S/C19H29N5/c1-5-6-13-24(4)18-15-17(16-10-8-7-9-11-16)21-19(22-18)20-12-14-23(2)3/h7-11,15H,5-6,12-14H2,1-4H3,(H,20,21,22). The molecule has 1 aromatic heterocycles. The van der Waals surface area contributed by atoms with E-state index >= 15 is 0 Å². The van der Waals surface area contributed by atoms with E-state index in [0.717, 1.165) is 43.1 Å². The van der Waals surface area contributed by atoms with Crippen molar-refractivity contribution in [2.75, 3.05) is 51.0 Å². The quantitative estimate of drug-likeness (QED) is 0.765. The Kier molecular flexibility index (Phi) is 7.00. The molecular formula is C19H29N5. The lowest BCUT2D eigenvalue weighted by atomic mass is 10.1. The average molecular weight is 327 g/mol. The van der Waals surface area contributed by atoms with Crippen LogP contribution in [0.4, 0.5) is 11.8 Å². The van der Waals surface area contributed by atoms with Crippen LogP contribution in [0.2, 0.25) is 0 Å². The molecule has 2 aromatic rings. The second-order valence-corrected chi connectivity index (χ2v) is 6.31. The third-order valence-electron chi connectivity index (χ3n) is 3.86. The first kappa shape index (κ1) is 18.2. The van der Waals surface area contributed by atoms with E-state index in [1.807, 2.05) is 18.2 Å². The van der Waals surface area contributed by atoms with Crippen molar-refractivity contribution >= 4 is 11.8 Å². The molecule has 0 aliphatic carbocycles. The number of likely N-dealkylation sites (N-methyl/N-ethyl adjacent to an activating group) is 1. The molecule has 24 heavy (non-hydrogen) atoms. The zero-order valence-corrected chi connectivity index (χ0v) is 15.3. The molecule has 0 aliphatic rings. The van der Waals surface area contributed by atoms with Gasteiger partial charge in [0, 0.05) is 38.3 Å². The van der Waals surface area contributed by atoms with Gasteiger partial charge < -0.3 is 15.1 Å². The van der Waals surface area contributed by atoms with Gasteiger partial charge in [-0.2, -0.15) is 4.98 Å². The molecule has 5 heteroatoms. The first-order valence-corrected chi connectivity index (χ1v) is 8.64. The molecule has 2 rings (SSSR count). The fourth-order valence-electron chi connectivity index (χ4n) is 2.37. The van der Waals surface area contributed by atoms with E-state index in [9.17, 15) is 0 Å². The molecule has 1 aromatic carbocycles. The molecule has 1 N–H and O–H groups in total. The van der Waals surface area contributed by atoms with Crippen LogP contribution >= 0.6 is 0 Å². The maximum absolute atomic E-state index is 4.70. The van der Waals surface area contributed by atoms with Gasteiger partial charge in [0.15, 0.2) is 0 Å². The number of unbranched alkanes of at least 4 members (excludes halogenated alkanes) is 1. The van der Waals surface area contributed by atoms with Crippen molar-refractivity contribution in [2.24, 2.45) is 0 Å². The molecule has 0 saturated heterocycles. The fourth-order valence-corrected chi connectivity index (χ4v) is 2.37. The van der Waals surface area contributed by atoms with E-state index < -0.39 is 0 Å². The number of hydrogen-bond acceptors (Lipinski definition) is 5. The van der Waals surface area contributed by atoms with Crippen LogP contribution in [0.5, 0.6) is 0 Å². The van der Waals surface area contributed by atoms with E-state index in [4.69, 9.17) is 9.97 Å². The van der Waals surface area contributed by atoms with Crippen molar-refractivity contribution in [1.82, 2.24) is 14.9 Å². The van der Waals surface area contributed by atoms with Gasteiger partial charge in [-0.05, 0) is 20.5 Å². The number of hydrogen-bond donors (Lipinski definition) is 1. The predicted molar refractivity (Wildman–Crippen MR) is 103 cm³/mol. The number of benzene rings is 1. The molecule has 0 bridgehead atoms. The first-order chi connectivity index (χ1) is 11.6. The second-order valence-electron chi connectivity index (χ2n) is 6.31. The number of aromatic nitrogens is 2. The number of anilines is 2. The summed E-state index contributed by atoms with van der Waals surface area (Å²) in [4.78, 5) is 13.7. The normalized spacial score (nSPS) is 10.9. The Morgan fingerprint density at radius 3 is 2.42 bits per heavy atom. The molecule has 0 amide bonds. The molecule has 130 valence electrons. The average Bonchev–Trinajstić information content (AvgIpc) is 2.60. The minimum Gasteiger partial charge on any atom is -0.359 e. The molecule has 0 unspecified atom stereocenters. The second kappa shape index (κ2) is 9.23. The zero-order valence-electron chi connectivity index (χ0n) is 15.3. The van der Waals surface area contributed by atoms with E-state index in [0.29, 0.717) is 5.95 Å². The Balaban J connectivity index is 2.25. The summed E-state index contributed by atoms with van der Waals surface area (Å²) >= 11 is 0. The van der Waals surface area contributed by atoms with Crippen LogP contribution in [0.3, 0.4) is 0 Å². The first-order valence-electron chi connectivity index (χ1n) is 8.64.